The molecule has 0 saturated carbocycles. The fraction of sp³-hybridized carbons (Fsp3) is 0.222. The molecule has 23 heavy (non-hydrogen) atoms. The molecule has 3 aromatic rings. The number of hydrogen-bond acceptors (Lipinski definition) is 4. The van der Waals surface area contributed by atoms with Crippen molar-refractivity contribution >= 4 is 5.69 Å². The van der Waals surface area contributed by atoms with Crippen LogP contribution in [-0.2, 0) is 4.74 Å². The summed E-state index contributed by atoms with van der Waals surface area (Å²) in [6, 6.07) is 16.4. The van der Waals surface area contributed by atoms with Crippen LogP contribution in [0.5, 0.6) is 0 Å². The Hall–Kier alpha value is -2.66. The normalized spacial score (nSPS) is 14.9. The van der Waals surface area contributed by atoms with Gasteiger partial charge in [0.15, 0.2) is 5.82 Å². The van der Waals surface area contributed by atoms with E-state index >= 15 is 0 Å². The number of benzene rings is 1. The van der Waals surface area contributed by atoms with E-state index in [1.165, 1.54) is 5.69 Å². The minimum absolute atomic E-state index is 0.800. The molecule has 0 bridgehead atoms. The molecule has 1 saturated heterocycles. The van der Waals surface area contributed by atoms with Gasteiger partial charge in [-0.2, -0.15) is 5.10 Å². The van der Waals surface area contributed by atoms with E-state index in [0.29, 0.717) is 0 Å². The second-order valence-corrected chi connectivity index (χ2v) is 5.46. The number of pyridine rings is 1. The third-order valence-corrected chi connectivity index (χ3v) is 4.05. The van der Waals surface area contributed by atoms with Crippen molar-refractivity contribution in [3.63, 3.8) is 0 Å². The van der Waals surface area contributed by atoms with Gasteiger partial charge in [-0.1, -0.05) is 18.2 Å². The molecule has 116 valence electrons. The lowest BCUT2D eigenvalue weighted by Gasteiger charge is -2.28. The molecule has 5 heteroatoms. The summed E-state index contributed by atoms with van der Waals surface area (Å²) in [6.07, 6.45) is 3.59. The fourth-order valence-corrected chi connectivity index (χ4v) is 2.85. The lowest BCUT2D eigenvalue weighted by atomic mass is 10.1. The maximum absolute atomic E-state index is 5.41. The Labute approximate surface area is 135 Å². The summed E-state index contributed by atoms with van der Waals surface area (Å²) in [5.41, 5.74) is 3.41. The van der Waals surface area contributed by atoms with Gasteiger partial charge in [0.1, 0.15) is 0 Å². The maximum Gasteiger partial charge on any atom is 0.153 e. The molecule has 1 aliphatic heterocycles. The van der Waals surface area contributed by atoms with Gasteiger partial charge < -0.3 is 9.64 Å². The van der Waals surface area contributed by atoms with Crippen LogP contribution in [0.3, 0.4) is 0 Å². The van der Waals surface area contributed by atoms with Crippen molar-refractivity contribution in [2.75, 3.05) is 31.2 Å². The number of aromatic nitrogens is 3. The number of morpholine rings is 1. The summed E-state index contributed by atoms with van der Waals surface area (Å²) in [6.45, 7) is 3.50. The van der Waals surface area contributed by atoms with Crippen LogP contribution in [0.2, 0.25) is 0 Å². The van der Waals surface area contributed by atoms with Gasteiger partial charge >= 0.3 is 0 Å². The Morgan fingerprint density at radius 2 is 1.70 bits per heavy atom. The molecular formula is C18H18N4O. The highest BCUT2D eigenvalue weighted by Crippen LogP contribution is 2.25. The monoisotopic (exact) mass is 306 g/mol. The van der Waals surface area contributed by atoms with E-state index in [1.807, 2.05) is 28.9 Å². The summed E-state index contributed by atoms with van der Waals surface area (Å²) >= 11 is 0. The quantitative estimate of drug-likeness (QED) is 0.746. The van der Waals surface area contributed by atoms with Gasteiger partial charge in [-0.25, -0.2) is 9.67 Å². The molecule has 0 N–H and O–H groups in total. The van der Waals surface area contributed by atoms with Crippen LogP contribution >= 0.6 is 0 Å². The molecule has 0 unspecified atom stereocenters. The number of hydrogen-bond donors (Lipinski definition) is 0. The van der Waals surface area contributed by atoms with Crippen LogP contribution in [-0.4, -0.2) is 41.1 Å². The van der Waals surface area contributed by atoms with Gasteiger partial charge in [0.25, 0.3) is 0 Å². The van der Waals surface area contributed by atoms with E-state index in [2.05, 4.69) is 39.2 Å². The van der Waals surface area contributed by atoms with Gasteiger partial charge in [-0.05, 0) is 30.3 Å². The number of anilines is 1. The molecule has 0 aliphatic carbocycles. The molecule has 0 atom stereocenters. The molecule has 0 spiro atoms. The van der Waals surface area contributed by atoms with Crippen molar-refractivity contribution < 1.29 is 4.74 Å². The largest absolute Gasteiger partial charge is 0.378 e. The van der Waals surface area contributed by atoms with Crippen molar-refractivity contribution in [3.8, 4) is 17.1 Å². The first-order valence-corrected chi connectivity index (χ1v) is 7.80. The van der Waals surface area contributed by atoms with E-state index in [-0.39, 0.29) is 0 Å². The molecule has 4 rings (SSSR count). The number of ether oxygens (including phenoxy) is 1. The molecule has 0 radical (unpaired) electrons. The van der Waals surface area contributed by atoms with Crippen molar-refractivity contribution in [2.45, 2.75) is 0 Å². The van der Waals surface area contributed by atoms with Crippen molar-refractivity contribution in [2.24, 2.45) is 0 Å². The molecule has 3 heterocycles. The molecular weight excluding hydrogens is 288 g/mol. The Balaban J connectivity index is 1.63. The van der Waals surface area contributed by atoms with Gasteiger partial charge in [0.2, 0.25) is 0 Å². The van der Waals surface area contributed by atoms with Crippen LogP contribution in [0.4, 0.5) is 5.69 Å². The summed E-state index contributed by atoms with van der Waals surface area (Å²) in [5.74, 6) is 0.824. The Morgan fingerprint density at radius 3 is 2.43 bits per heavy atom. The predicted octanol–water partition coefficient (Wildman–Crippen LogP) is 2.77. The minimum atomic E-state index is 0.800. The molecule has 1 aromatic carbocycles. The van der Waals surface area contributed by atoms with Crippen LogP contribution in [0, 0.1) is 0 Å². The maximum atomic E-state index is 5.41. The zero-order valence-corrected chi connectivity index (χ0v) is 12.8. The van der Waals surface area contributed by atoms with Crippen molar-refractivity contribution in [3.05, 3.63) is 60.9 Å². The van der Waals surface area contributed by atoms with Gasteiger partial charge in [0.05, 0.1) is 25.1 Å². The van der Waals surface area contributed by atoms with Crippen LogP contribution in [0.1, 0.15) is 0 Å². The summed E-state index contributed by atoms with van der Waals surface area (Å²) in [4.78, 5) is 6.73. The highest BCUT2D eigenvalue weighted by atomic mass is 16.5. The summed E-state index contributed by atoms with van der Waals surface area (Å²) in [7, 11) is 0. The SMILES string of the molecule is c1ccc(-n2nccc2-c2ccc(N3CCOCC3)cc2)nc1. The van der Waals surface area contributed by atoms with Gasteiger partial charge in [-0.3, -0.25) is 0 Å². The zero-order valence-electron chi connectivity index (χ0n) is 12.8. The lowest BCUT2D eigenvalue weighted by Crippen LogP contribution is -2.36. The second-order valence-electron chi connectivity index (χ2n) is 5.46. The zero-order chi connectivity index (χ0) is 15.5. The minimum Gasteiger partial charge on any atom is -0.378 e. The first-order valence-electron chi connectivity index (χ1n) is 7.80. The van der Waals surface area contributed by atoms with Gasteiger partial charge in [-0.15, -0.1) is 0 Å². The molecule has 1 aliphatic rings. The van der Waals surface area contributed by atoms with Crippen LogP contribution in [0.25, 0.3) is 17.1 Å². The van der Waals surface area contributed by atoms with E-state index in [0.717, 1.165) is 43.4 Å². The fourth-order valence-electron chi connectivity index (χ4n) is 2.85. The van der Waals surface area contributed by atoms with E-state index < -0.39 is 0 Å². The number of rotatable bonds is 3. The van der Waals surface area contributed by atoms with Crippen LogP contribution in [0.15, 0.2) is 60.9 Å². The molecule has 5 nitrogen and oxygen atoms in total. The van der Waals surface area contributed by atoms with Crippen LogP contribution < -0.4 is 4.90 Å². The Kier molecular flexibility index (Phi) is 3.78. The first-order chi connectivity index (χ1) is 11.4. The molecule has 0 amide bonds. The Morgan fingerprint density at radius 1 is 0.870 bits per heavy atom. The predicted molar refractivity (Wildman–Crippen MR) is 89.8 cm³/mol. The van der Waals surface area contributed by atoms with E-state index in [1.54, 1.807) is 12.4 Å². The third-order valence-electron chi connectivity index (χ3n) is 4.05. The van der Waals surface area contributed by atoms with Gasteiger partial charge in [0, 0.05) is 30.5 Å². The van der Waals surface area contributed by atoms with E-state index in [4.69, 9.17) is 4.74 Å². The van der Waals surface area contributed by atoms with E-state index in [9.17, 15) is 0 Å². The summed E-state index contributed by atoms with van der Waals surface area (Å²) in [5, 5.41) is 4.40. The average molecular weight is 306 g/mol. The first kappa shape index (κ1) is 14.0. The van der Waals surface area contributed by atoms with Crippen molar-refractivity contribution in [1.29, 1.82) is 0 Å². The molecule has 2 aromatic heterocycles. The molecule has 1 fully saturated rings. The highest BCUT2D eigenvalue weighted by Gasteiger charge is 2.12. The Bertz CT molecular complexity index is 761. The second kappa shape index (κ2) is 6.22. The standard InChI is InChI=1S/C18H18N4O/c1-2-9-19-18(3-1)22-17(8-10-20-22)15-4-6-16(7-5-15)21-11-13-23-14-12-21/h1-10H,11-14H2. The smallest absolute Gasteiger partial charge is 0.153 e. The topological polar surface area (TPSA) is 43.2 Å². The lowest BCUT2D eigenvalue weighted by molar-refractivity contribution is 0.122. The average Bonchev–Trinajstić information content (AvgIpc) is 3.13. The highest BCUT2D eigenvalue weighted by molar-refractivity contribution is 5.64. The van der Waals surface area contributed by atoms with Crippen molar-refractivity contribution in [1.82, 2.24) is 14.8 Å². The number of nitrogens with zero attached hydrogens (tertiary/aromatic N) is 4. The third kappa shape index (κ3) is 2.83. The summed E-state index contributed by atoms with van der Waals surface area (Å²) < 4.78 is 7.27.